The molecule has 6 aliphatic rings. The zero-order valence-electron chi connectivity index (χ0n) is 120. The van der Waals surface area contributed by atoms with Crippen molar-refractivity contribution in [1.82, 2.24) is 0 Å². The third kappa shape index (κ3) is 33.8. The van der Waals surface area contributed by atoms with Crippen LogP contribution in [-0.2, 0) is 117 Å². The van der Waals surface area contributed by atoms with Crippen LogP contribution in [0.3, 0.4) is 0 Å². The molecule has 6 atom stereocenters. The summed E-state index contributed by atoms with van der Waals surface area (Å²) in [7, 11) is -32.5. The van der Waals surface area contributed by atoms with Gasteiger partial charge in [0, 0.05) is 27.4 Å². The van der Waals surface area contributed by atoms with Crippen LogP contribution in [0.5, 0.6) is 0 Å². The summed E-state index contributed by atoms with van der Waals surface area (Å²) < 4.78 is 653. The molecule has 0 fully saturated rings. The molecule has 0 aromatic heterocycles. The molecule has 0 aliphatic heterocycles. The van der Waals surface area contributed by atoms with Crippen molar-refractivity contribution in [1.29, 1.82) is 0 Å². The number of anilines is 6. The van der Waals surface area contributed by atoms with Crippen molar-refractivity contribution in [2.24, 2.45) is 0 Å². The maximum absolute atomic E-state index is 13.9. The second-order valence-corrected chi connectivity index (χ2v) is 37.5. The third-order valence-corrected chi connectivity index (χ3v) is 26.1. The Labute approximate surface area is 897 Å². The van der Waals surface area contributed by atoms with Crippen molar-refractivity contribution < 1.29 is 201 Å². The van der Waals surface area contributed by atoms with E-state index in [-0.39, 0.29) is 63.6 Å². The van der Waals surface area contributed by atoms with Crippen molar-refractivity contribution >= 4 is 200 Å². The van der Waals surface area contributed by atoms with E-state index in [0.717, 1.165) is 6.08 Å². The van der Waals surface area contributed by atoms with E-state index in [2.05, 4.69) is 9.47 Å². The summed E-state index contributed by atoms with van der Waals surface area (Å²) in [5, 5.41) is -23.5. The highest BCUT2D eigenvalue weighted by Gasteiger charge is 2.42. The summed E-state index contributed by atoms with van der Waals surface area (Å²) in [5.74, 6) is -17.4. The van der Waals surface area contributed by atoms with Gasteiger partial charge in [0.25, 0.3) is 0 Å². The van der Waals surface area contributed by atoms with E-state index in [0.29, 0.717) is 12.2 Å². The molecule has 756 valence electrons. The molecule has 0 radical (unpaired) electrons. The third-order valence-electron chi connectivity index (χ3n) is 16.0. The standard InChI is InChI=1S/6C15H17ClFNO4S/c6*1-2-22-15(19)11-5-3-4-6-14(11)23(20,21)18-13-8-7-10(17)9-12(13)16/h6*5,7-9,14,18H,2-4,6H2,1H3/t6*14-/m111111/s1/i3D2,4D2,5D,7D,8D,9D,14D;3D2,6D2,7D,8D,9D,14D;3D2,4D2,5D,7D,8D,9D;6D2,7D,8D,9D,14D;3D2,6D2,7D,8D,9D;6D2,7D,8D,9D/hD6. The van der Waals surface area contributed by atoms with E-state index in [1.165, 1.54) is 47.6 Å². The van der Waals surface area contributed by atoms with Gasteiger partial charge in [-0.25, -0.2) is 106 Å². The molecule has 6 aliphatic carbocycles. The first-order valence-corrected chi connectivity index (χ1v) is 49.4. The number of ether oxygens (including phenoxy) is 6. The predicted octanol–water partition coefficient (Wildman–Crippen LogP) is 19.6. The maximum Gasteiger partial charge on any atom is 0.335 e. The number of nitrogens with one attached hydrogen (secondary N) is 6. The van der Waals surface area contributed by atoms with Crippen LogP contribution < -0.4 is 28.3 Å². The van der Waals surface area contributed by atoms with E-state index >= 15 is 0 Å². The van der Waals surface area contributed by atoms with Gasteiger partial charge in [-0.1, -0.05) is 106 Å². The molecule has 0 bridgehead atoms. The fourth-order valence-corrected chi connectivity index (χ4v) is 19.0. The number of rotatable bonds is 30. The average molecular weight is 2220 g/mol. The lowest BCUT2D eigenvalue weighted by Crippen LogP contribution is -2.34. The largest absolute Gasteiger partial charge is 0.463 e. The van der Waals surface area contributed by atoms with Gasteiger partial charge in [0.1, 0.15) is 66.3 Å². The van der Waals surface area contributed by atoms with Gasteiger partial charge in [-0.15, -0.1) is 0 Å². The average Bonchev–Trinajstić information content (AvgIpc) is 0.695. The van der Waals surface area contributed by atoms with E-state index in [1.54, 1.807) is 0 Å². The van der Waals surface area contributed by atoms with Crippen molar-refractivity contribution in [2.75, 3.05) is 67.9 Å². The van der Waals surface area contributed by atoms with Crippen molar-refractivity contribution in [2.45, 2.75) is 188 Å². The van der Waals surface area contributed by atoms with E-state index in [9.17, 15) is 106 Å². The normalized spacial score (nSPS) is 28.7. The quantitative estimate of drug-likeness (QED) is 0.0139. The van der Waals surface area contributed by atoms with Crippen LogP contribution in [-0.4, -0.2) is 157 Å². The number of allylic oxidation sites excluding steroid dienone is 6. The molecule has 0 unspecified atom stereocenters. The molecule has 0 heterocycles. The van der Waals surface area contributed by atoms with Crippen LogP contribution >= 0.6 is 69.6 Å². The summed E-state index contributed by atoms with van der Waals surface area (Å²) in [4.78, 5) is 74.2. The zero-order chi connectivity index (χ0) is 146. The Bertz CT molecular complexity index is 8930. The zero-order valence-corrected chi connectivity index (χ0v) is 80.3. The summed E-state index contributed by atoms with van der Waals surface area (Å²) in [5.41, 5.74) is -12.7. The van der Waals surface area contributed by atoms with E-state index < -0.39 is 500 Å². The number of hydrogen-bond donors (Lipinski definition) is 6. The molecule has 138 heavy (non-hydrogen) atoms. The smallest absolute Gasteiger partial charge is 0.335 e. The first kappa shape index (κ1) is 62.0. The van der Waals surface area contributed by atoms with Gasteiger partial charge < -0.3 is 28.4 Å². The first-order valence-electron chi connectivity index (χ1n) is 62.5. The minimum Gasteiger partial charge on any atom is -0.463 e. The molecule has 0 amide bonds. The van der Waals surface area contributed by atoms with E-state index in [1.807, 2.05) is 0 Å². The lowest BCUT2D eigenvalue weighted by molar-refractivity contribution is -0.139. The molecule has 6 N–H and O–H groups in total. The van der Waals surface area contributed by atoms with Crippen LogP contribution in [0, 0.1) is 34.9 Å². The van der Waals surface area contributed by atoms with Crippen molar-refractivity contribution in [3.8, 4) is 0 Å². The molecule has 0 spiro atoms. The second-order valence-electron chi connectivity index (χ2n) is 25.3. The van der Waals surface area contributed by atoms with Gasteiger partial charge in [0.05, 0.1) is 169 Å². The number of esters is 6. The first-order chi connectivity index (χ1) is 84.6. The number of sulfonamides is 6. The van der Waals surface area contributed by atoms with Gasteiger partial charge in [0.15, 0.2) is 8.47 Å². The van der Waals surface area contributed by atoms with Gasteiger partial charge in [-0.2, -0.15) is 0 Å². The highest BCUT2D eigenvalue weighted by molar-refractivity contribution is 7.95. The van der Waals surface area contributed by atoms with Crippen LogP contribution in [0.15, 0.2) is 179 Å². The fraction of sp³-hybridized carbons (Fsp3) is 0.400. The lowest BCUT2D eigenvalue weighted by atomic mass is 9.99. The predicted molar refractivity (Wildman–Crippen MR) is 518 cm³/mol. The molecule has 6 aromatic carbocycles. The topological polar surface area (TPSA) is 435 Å². The Morgan fingerprint density at radius 2 is 0.558 bits per heavy atom. The van der Waals surface area contributed by atoms with Crippen molar-refractivity contribution in [3.63, 3.8) is 0 Å². The number of halogens is 12. The fourth-order valence-electron chi connectivity index (χ4n) is 10.3. The molecule has 30 nitrogen and oxygen atoms in total. The molecular weight excluding hydrogens is 2070 g/mol. The summed E-state index contributed by atoms with van der Waals surface area (Å²) in [6, 6.07) is -24.1. The van der Waals surface area contributed by atoms with Crippen molar-refractivity contribution in [3.05, 3.63) is 244 Å². The molecule has 12 rings (SSSR count). The molecule has 48 heteroatoms. The minimum absolute atomic E-state index is 0.0555. The summed E-state index contributed by atoms with van der Waals surface area (Å²) in [6.45, 7) is 6.77. The summed E-state index contributed by atoms with van der Waals surface area (Å²) >= 11 is 34.6. The Morgan fingerprint density at radius 3 is 0.906 bits per heavy atom. The van der Waals surface area contributed by atoms with Crippen LogP contribution in [0.2, 0.25) is 38.6 Å². The van der Waals surface area contributed by atoms with Gasteiger partial charge in [-0.05, 0) is 265 Å². The minimum atomic E-state index is -5.71. The Balaban J connectivity index is 0.000000299. The Kier molecular flexibility index (Phi) is 24.2. The second kappa shape index (κ2) is 53.9. The highest BCUT2D eigenvalue weighted by Crippen LogP contribution is 2.39. The number of hydrogen-bond acceptors (Lipinski definition) is 24. The summed E-state index contributed by atoms with van der Waals surface area (Å²) in [6.07, 6.45) is -31.5. The number of benzene rings is 6. The van der Waals surface area contributed by atoms with Gasteiger partial charge in [0.2, 0.25) is 60.1 Å². The number of carbonyl (C=O) groups excluding carboxylic acids is 6. The van der Waals surface area contributed by atoms with Crippen LogP contribution in [0.25, 0.3) is 0 Å². The highest BCUT2D eigenvalue weighted by atomic mass is 35.5. The molecule has 6 aromatic rings. The number of carbonyl (C=O) groups is 6. The lowest BCUT2D eigenvalue weighted by Gasteiger charge is -2.24. The van der Waals surface area contributed by atoms with Gasteiger partial charge in [-0.3, -0.25) is 28.3 Å². The van der Waals surface area contributed by atoms with E-state index in [4.69, 9.17) is 156 Å². The molecule has 0 saturated heterocycles. The van der Waals surface area contributed by atoms with Crippen LogP contribution in [0.4, 0.5) is 60.5 Å². The Morgan fingerprint density at radius 1 is 0.319 bits per heavy atom. The SMILES string of the molecule is [2H]C1=C(C(=O)OCC)[C@H](S(=O)(=O)N([2H])c2c([2H])c([2H])c(F)c([2H])c2Cl)CC([2H])([2H])C1([2H])[2H].[2H]C1=C(C(=O)OCC)[C@]([2H])(S(=O)(=O)N([2H])c2c([2H])c([2H])c(F)c([2H])c2Cl)CC([2H])([2H])C1([2H])[2H].[2H]c1c([2H])c(N([2H])S(=O)(=O)[C@@]2([2H])C(C(=O)OCC)=CC([2H])([2H])CC2([2H])[2H])c(Cl)c([2H])c1F.[2H]c1c([2H])c(N([2H])S(=O)(=O)[C@@]2([2H])C(C(=O)OCC)=CCCC2([2H])[2H])c(Cl)c([2H])c1F.[2H]c1c([2H])c(N([2H])S(=O)(=O)[C@H]2C(C(=O)OCC)=CC([2H])([2H])CC2([2H])[2H])c(Cl)c([2H])c1F.[2H]c1c([2H])c(N([2H])S(=O)(=O)[C@H]2C(C(=O)OCC)=CCCC2([2H])[2H])c(Cl)c([2H])c1F. The molecule has 0 saturated carbocycles. The maximum atomic E-state index is 13.9. The van der Waals surface area contributed by atoms with Crippen LogP contribution in [0.1, 0.15) is 216 Å². The Hall–Kier alpha value is -9.60. The van der Waals surface area contributed by atoms with Gasteiger partial charge >= 0.3 is 35.8 Å². The molecular formula is C90H102Cl6F6N6O24S6. The monoisotopic (exact) mass is 2220 g/mol.